The highest BCUT2D eigenvalue weighted by atomic mass is 16.2. The third kappa shape index (κ3) is 3.29. The molecule has 3 rings (SSSR count). The van der Waals surface area contributed by atoms with E-state index in [1.54, 1.807) is 11.8 Å². The summed E-state index contributed by atoms with van der Waals surface area (Å²) in [6.07, 6.45) is 0.800. The molecule has 25 heavy (non-hydrogen) atoms. The molecule has 1 amide bonds. The Morgan fingerprint density at radius 3 is 2.64 bits per heavy atom. The van der Waals surface area contributed by atoms with E-state index in [9.17, 15) is 9.59 Å². The summed E-state index contributed by atoms with van der Waals surface area (Å²) in [5.74, 6) is 0.104. The normalized spacial score (nSPS) is 14.2. The molecule has 0 aromatic heterocycles. The maximum absolute atomic E-state index is 12.8. The number of fused-ring (bicyclic) bond motifs is 1. The number of ketones is 1. The molecule has 4 nitrogen and oxygen atoms in total. The van der Waals surface area contributed by atoms with Gasteiger partial charge in [-0.2, -0.15) is 0 Å². The van der Waals surface area contributed by atoms with Gasteiger partial charge in [0.15, 0.2) is 5.78 Å². The molecule has 2 aromatic carbocycles. The van der Waals surface area contributed by atoms with Gasteiger partial charge in [0.1, 0.15) is 0 Å². The lowest BCUT2D eigenvalue weighted by Crippen LogP contribution is -2.27. The molecule has 130 valence electrons. The lowest BCUT2D eigenvalue weighted by Gasteiger charge is -2.18. The van der Waals surface area contributed by atoms with Gasteiger partial charge < -0.3 is 10.2 Å². The second-order valence-electron chi connectivity index (χ2n) is 6.74. The molecule has 0 spiro atoms. The fraction of sp³-hybridized carbons (Fsp3) is 0.333. The molecule has 0 radical (unpaired) electrons. The Bertz CT molecular complexity index is 842. The fourth-order valence-electron chi connectivity index (χ4n) is 3.34. The first-order valence-corrected chi connectivity index (χ1v) is 8.66. The van der Waals surface area contributed by atoms with Gasteiger partial charge in [0.25, 0.3) is 0 Å². The molecule has 0 fully saturated rings. The molecule has 1 N–H and O–H groups in total. The minimum Gasteiger partial charge on any atom is -0.375 e. The van der Waals surface area contributed by atoms with Crippen LogP contribution in [0.2, 0.25) is 0 Å². The van der Waals surface area contributed by atoms with Crippen molar-refractivity contribution in [2.24, 2.45) is 0 Å². The van der Waals surface area contributed by atoms with Gasteiger partial charge in [-0.15, -0.1) is 0 Å². The van der Waals surface area contributed by atoms with Crippen LogP contribution < -0.4 is 10.2 Å². The van der Waals surface area contributed by atoms with Crippen molar-refractivity contribution in [3.63, 3.8) is 0 Å². The van der Waals surface area contributed by atoms with Crippen LogP contribution in [-0.4, -0.2) is 24.3 Å². The average Bonchev–Trinajstić information content (AvgIpc) is 3.01. The van der Waals surface area contributed by atoms with Crippen molar-refractivity contribution >= 4 is 23.1 Å². The number of benzene rings is 2. The topological polar surface area (TPSA) is 49.4 Å². The molecule has 1 aliphatic heterocycles. The SMILES string of the molecule is CC(=O)N1CCc2cc(C(=O)[C@H](C)Nc3cccc(C)c3C)ccc21. The minimum absolute atomic E-state index is 0.0442. The molecule has 2 aromatic rings. The predicted molar refractivity (Wildman–Crippen MR) is 102 cm³/mol. The molecule has 4 heteroatoms. The van der Waals surface area contributed by atoms with Gasteiger partial charge in [-0.25, -0.2) is 0 Å². The molecule has 0 saturated carbocycles. The van der Waals surface area contributed by atoms with E-state index in [0.29, 0.717) is 12.1 Å². The van der Waals surface area contributed by atoms with E-state index in [1.807, 2.05) is 37.3 Å². The van der Waals surface area contributed by atoms with E-state index in [-0.39, 0.29) is 17.7 Å². The van der Waals surface area contributed by atoms with Gasteiger partial charge in [-0.1, -0.05) is 12.1 Å². The number of hydrogen-bond donors (Lipinski definition) is 1. The van der Waals surface area contributed by atoms with Crippen molar-refractivity contribution in [3.05, 3.63) is 58.7 Å². The lowest BCUT2D eigenvalue weighted by atomic mass is 10.0. The largest absolute Gasteiger partial charge is 0.375 e. The van der Waals surface area contributed by atoms with E-state index in [4.69, 9.17) is 0 Å². The van der Waals surface area contributed by atoms with E-state index < -0.39 is 0 Å². The van der Waals surface area contributed by atoms with E-state index in [2.05, 4.69) is 25.2 Å². The first kappa shape index (κ1) is 17.2. The summed E-state index contributed by atoms with van der Waals surface area (Å²) < 4.78 is 0. The molecule has 1 heterocycles. The Labute approximate surface area is 148 Å². The van der Waals surface area contributed by atoms with Crippen LogP contribution in [0.3, 0.4) is 0 Å². The van der Waals surface area contributed by atoms with Gasteiger partial charge in [-0.05, 0) is 68.1 Å². The number of nitrogens with one attached hydrogen (secondary N) is 1. The molecular formula is C21H24N2O2. The Balaban J connectivity index is 1.79. The van der Waals surface area contributed by atoms with Crippen LogP contribution in [0, 0.1) is 13.8 Å². The second kappa shape index (κ2) is 6.71. The summed E-state index contributed by atoms with van der Waals surface area (Å²) in [7, 11) is 0. The fourth-order valence-corrected chi connectivity index (χ4v) is 3.34. The van der Waals surface area contributed by atoms with Crippen LogP contribution in [0.25, 0.3) is 0 Å². The second-order valence-corrected chi connectivity index (χ2v) is 6.74. The first-order chi connectivity index (χ1) is 11.9. The zero-order chi connectivity index (χ0) is 18.1. The van der Waals surface area contributed by atoms with Crippen molar-refractivity contribution in [2.45, 2.75) is 40.2 Å². The highest BCUT2D eigenvalue weighted by molar-refractivity contribution is 6.03. The summed E-state index contributed by atoms with van der Waals surface area (Å²) in [5.41, 5.74) is 6.04. The summed E-state index contributed by atoms with van der Waals surface area (Å²) >= 11 is 0. The Morgan fingerprint density at radius 1 is 1.16 bits per heavy atom. The van der Waals surface area contributed by atoms with Gasteiger partial charge >= 0.3 is 0 Å². The predicted octanol–water partition coefficient (Wildman–Crippen LogP) is 3.90. The summed E-state index contributed by atoms with van der Waals surface area (Å²) in [6, 6.07) is 11.4. The molecule has 0 saturated heterocycles. The monoisotopic (exact) mass is 336 g/mol. The van der Waals surface area contributed by atoms with Crippen molar-refractivity contribution in [3.8, 4) is 0 Å². The van der Waals surface area contributed by atoms with Crippen molar-refractivity contribution in [1.29, 1.82) is 0 Å². The number of amides is 1. The molecule has 0 aliphatic carbocycles. The zero-order valence-corrected chi connectivity index (χ0v) is 15.2. The third-order valence-electron chi connectivity index (χ3n) is 5.01. The number of carbonyl (C=O) groups excluding carboxylic acids is 2. The third-order valence-corrected chi connectivity index (χ3v) is 5.01. The van der Waals surface area contributed by atoms with Gasteiger partial charge in [0, 0.05) is 30.4 Å². The Hall–Kier alpha value is -2.62. The molecule has 1 atom stereocenters. The number of nitrogens with zero attached hydrogens (tertiary/aromatic N) is 1. The zero-order valence-electron chi connectivity index (χ0n) is 15.2. The van der Waals surface area contributed by atoms with Crippen LogP contribution in [-0.2, 0) is 11.2 Å². The number of rotatable bonds is 4. The van der Waals surface area contributed by atoms with E-state index in [0.717, 1.165) is 28.9 Å². The number of anilines is 2. The minimum atomic E-state index is -0.316. The summed E-state index contributed by atoms with van der Waals surface area (Å²) in [4.78, 5) is 26.2. The summed E-state index contributed by atoms with van der Waals surface area (Å²) in [5, 5.41) is 3.33. The van der Waals surface area contributed by atoms with Crippen LogP contribution in [0.1, 0.15) is 40.9 Å². The molecule has 0 unspecified atom stereocenters. The average molecular weight is 336 g/mol. The quantitative estimate of drug-likeness (QED) is 0.862. The number of Topliss-reactive ketones (excluding diaryl/α,β-unsaturated/α-hetero) is 1. The highest BCUT2D eigenvalue weighted by Crippen LogP contribution is 2.29. The van der Waals surface area contributed by atoms with Crippen LogP contribution >= 0.6 is 0 Å². The number of hydrogen-bond acceptors (Lipinski definition) is 3. The maximum Gasteiger partial charge on any atom is 0.223 e. The molecule has 1 aliphatic rings. The van der Waals surface area contributed by atoms with Gasteiger partial charge in [-0.3, -0.25) is 9.59 Å². The number of aryl methyl sites for hydroxylation is 1. The van der Waals surface area contributed by atoms with Crippen molar-refractivity contribution < 1.29 is 9.59 Å². The Morgan fingerprint density at radius 2 is 1.92 bits per heavy atom. The molecular weight excluding hydrogens is 312 g/mol. The van der Waals surface area contributed by atoms with Crippen LogP contribution in [0.4, 0.5) is 11.4 Å². The van der Waals surface area contributed by atoms with Crippen molar-refractivity contribution in [1.82, 2.24) is 0 Å². The van der Waals surface area contributed by atoms with Gasteiger partial charge in [0.2, 0.25) is 5.91 Å². The van der Waals surface area contributed by atoms with Crippen LogP contribution in [0.5, 0.6) is 0 Å². The van der Waals surface area contributed by atoms with E-state index >= 15 is 0 Å². The molecule has 0 bridgehead atoms. The van der Waals surface area contributed by atoms with Crippen molar-refractivity contribution in [2.75, 3.05) is 16.8 Å². The standard InChI is InChI=1S/C21H24N2O2/c1-13-6-5-7-19(14(13)2)22-15(3)21(25)18-8-9-20-17(12-18)10-11-23(20)16(4)24/h5-9,12,15,22H,10-11H2,1-4H3/t15-/m0/s1. The van der Waals surface area contributed by atoms with E-state index in [1.165, 1.54) is 5.56 Å². The van der Waals surface area contributed by atoms with Crippen LogP contribution in [0.15, 0.2) is 36.4 Å². The highest BCUT2D eigenvalue weighted by Gasteiger charge is 2.24. The summed E-state index contributed by atoms with van der Waals surface area (Å²) in [6.45, 7) is 8.27. The Kier molecular flexibility index (Phi) is 4.62. The lowest BCUT2D eigenvalue weighted by molar-refractivity contribution is -0.116. The smallest absolute Gasteiger partial charge is 0.223 e. The number of carbonyl (C=O) groups is 2. The van der Waals surface area contributed by atoms with Gasteiger partial charge in [0.05, 0.1) is 6.04 Å². The maximum atomic E-state index is 12.8. The first-order valence-electron chi connectivity index (χ1n) is 8.66.